The van der Waals surface area contributed by atoms with E-state index in [9.17, 15) is 5.26 Å². The predicted octanol–water partition coefficient (Wildman–Crippen LogP) is 18.8. The van der Waals surface area contributed by atoms with E-state index >= 15 is 0 Å². The normalized spacial score (nSPS) is 11.8. The summed E-state index contributed by atoms with van der Waals surface area (Å²) in [7, 11) is 0. The van der Waals surface area contributed by atoms with Gasteiger partial charge in [-0.3, -0.25) is 0 Å². The molecule has 0 amide bonds. The molecule has 5 heterocycles. The number of nitrogens with zero attached hydrogens (tertiary/aromatic N) is 8. The van der Waals surface area contributed by atoms with Crippen molar-refractivity contribution in [2.75, 3.05) is 0 Å². The van der Waals surface area contributed by atoms with Gasteiger partial charge >= 0.3 is 0 Å². The van der Waals surface area contributed by atoms with E-state index in [4.69, 9.17) is 15.0 Å². The van der Waals surface area contributed by atoms with Crippen molar-refractivity contribution in [3.8, 4) is 74.1 Å². The molecule has 0 saturated heterocycles. The van der Waals surface area contributed by atoms with Crippen LogP contribution in [0.1, 0.15) is 5.56 Å². The van der Waals surface area contributed by atoms with Gasteiger partial charge in [0.15, 0.2) is 17.5 Å². The molecule has 390 valence electrons. The van der Waals surface area contributed by atoms with Gasteiger partial charge in [0.1, 0.15) is 0 Å². The molecule has 0 fully saturated rings. The molecule has 0 atom stereocenters. The van der Waals surface area contributed by atoms with Crippen molar-refractivity contribution in [3.05, 3.63) is 285 Å². The van der Waals surface area contributed by atoms with Gasteiger partial charge in [-0.25, -0.2) is 15.0 Å². The molecule has 0 aliphatic carbocycles. The number of para-hydroxylation sites is 7. The zero-order valence-electron chi connectivity index (χ0n) is 45.1. The SMILES string of the molecule is N#Cc1ccc(-n2c3ccccc3c3c2ccc2c4ccccc4n(-c4ccccc4)c23)c(-c2cccc(-c3nc(-c4ccccc4)nc(-c4ccccc4)n3)c2-n2c3ccccc3c3c2ccc2c4ccccc4n(-c4ccccc4)c23)c1. The van der Waals surface area contributed by atoms with Crippen molar-refractivity contribution < 1.29 is 0 Å². The lowest BCUT2D eigenvalue weighted by Crippen LogP contribution is -2.06. The van der Waals surface area contributed by atoms with Gasteiger partial charge in [-0.15, -0.1) is 0 Å². The van der Waals surface area contributed by atoms with E-state index in [1.54, 1.807) is 0 Å². The highest BCUT2D eigenvalue weighted by molar-refractivity contribution is 6.28. The standard InChI is InChI=1S/C76H46N8/c77-47-48-40-43-66(83-64-38-19-15-32-58(64)69-67(83)44-41-56-53-30-13-17-36-62(53)81(72(56)69)51-26-9-3-10-27-51)61(46-48)55-34-21-35-60(76-79-74(49-22-5-1-6-23-49)78-75(80-76)50-24-7-2-8-25-50)71(55)84-65-39-20-16-33-59(65)70-68(84)45-42-57-54-31-14-18-37-63(54)82(73(57)70)52-28-11-4-12-29-52/h1-46H. The molecule has 17 aromatic rings. The molecule has 0 aliphatic heterocycles. The average Bonchev–Trinajstić information content (AvgIpc) is 2.32. The van der Waals surface area contributed by atoms with Gasteiger partial charge in [0.2, 0.25) is 0 Å². The van der Waals surface area contributed by atoms with Crippen molar-refractivity contribution in [2.24, 2.45) is 0 Å². The first-order chi connectivity index (χ1) is 41.7. The third kappa shape index (κ3) is 7.03. The minimum absolute atomic E-state index is 0.510. The highest BCUT2D eigenvalue weighted by Gasteiger charge is 2.28. The Morgan fingerprint density at radius 1 is 0.286 bits per heavy atom. The van der Waals surface area contributed by atoms with Crippen LogP contribution in [0.5, 0.6) is 0 Å². The molecule has 84 heavy (non-hydrogen) atoms. The Labute approximate surface area is 481 Å². The summed E-state index contributed by atoms with van der Waals surface area (Å²) in [6.45, 7) is 0. The van der Waals surface area contributed by atoms with Crippen molar-refractivity contribution in [2.45, 2.75) is 0 Å². The number of nitriles is 1. The Morgan fingerprint density at radius 2 is 0.702 bits per heavy atom. The average molecular weight is 1070 g/mol. The third-order valence-corrected chi connectivity index (χ3v) is 16.8. The first-order valence-electron chi connectivity index (χ1n) is 28.3. The number of fused-ring (bicyclic) bond motifs is 14. The van der Waals surface area contributed by atoms with Crippen LogP contribution in [0.15, 0.2) is 279 Å². The second-order valence-corrected chi connectivity index (χ2v) is 21.4. The second kappa shape index (κ2) is 18.7. The van der Waals surface area contributed by atoms with Crippen molar-refractivity contribution >= 4 is 87.2 Å². The predicted molar refractivity (Wildman–Crippen MR) is 344 cm³/mol. The highest BCUT2D eigenvalue weighted by Crippen LogP contribution is 2.48. The topological polar surface area (TPSA) is 82.2 Å². The van der Waals surface area contributed by atoms with E-state index in [2.05, 4.69) is 237 Å². The third-order valence-electron chi connectivity index (χ3n) is 16.8. The van der Waals surface area contributed by atoms with Crippen LogP contribution in [0.3, 0.4) is 0 Å². The maximum absolute atomic E-state index is 11.0. The Bertz CT molecular complexity index is 5490. The maximum Gasteiger partial charge on any atom is 0.166 e. The monoisotopic (exact) mass is 1070 g/mol. The summed E-state index contributed by atoms with van der Waals surface area (Å²) < 4.78 is 9.67. The molecular weight excluding hydrogens is 1020 g/mol. The number of hydrogen-bond acceptors (Lipinski definition) is 4. The van der Waals surface area contributed by atoms with Gasteiger partial charge in [-0.2, -0.15) is 5.26 Å². The molecule has 8 nitrogen and oxygen atoms in total. The fraction of sp³-hybridized carbons (Fsp3) is 0. The lowest BCUT2D eigenvalue weighted by molar-refractivity contribution is 1.06. The van der Waals surface area contributed by atoms with E-state index in [0.717, 1.165) is 122 Å². The summed E-state index contributed by atoms with van der Waals surface area (Å²) in [6.07, 6.45) is 0. The fourth-order valence-corrected chi connectivity index (χ4v) is 13.3. The molecule has 0 aliphatic rings. The smallest absolute Gasteiger partial charge is 0.166 e. The molecule has 12 aromatic carbocycles. The minimum Gasteiger partial charge on any atom is -0.309 e. The number of rotatable bonds is 8. The van der Waals surface area contributed by atoms with Crippen molar-refractivity contribution in [1.82, 2.24) is 33.2 Å². The summed E-state index contributed by atoms with van der Waals surface area (Å²) in [5.74, 6) is 1.63. The molecule has 0 saturated carbocycles. The van der Waals surface area contributed by atoms with Crippen LogP contribution in [-0.2, 0) is 0 Å². The van der Waals surface area contributed by atoms with Gasteiger partial charge in [0, 0.05) is 82.3 Å². The van der Waals surface area contributed by atoms with Crippen molar-refractivity contribution in [1.29, 1.82) is 5.26 Å². The molecule has 0 bridgehead atoms. The summed E-state index contributed by atoms with van der Waals surface area (Å²) in [5.41, 5.74) is 17.4. The van der Waals surface area contributed by atoms with Crippen LogP contribution < -0.4 is 0 Å². The molecule has 0 radical (unpaired) electrons. The van der Waals surface area contributed by atoms with E-state index in [1.807, 2.05) is 66.7 Å². The van der Waals surface area contributed by atoms with Crippen LogP contribution >= 0.6 is 0 Å². The van der Waals surface area contributed by atoms with Gasteiger partial charge in [-0.1, -0.05) is 194 Å². The summed E-state index contributed by atoms with van der Waals surface area (Å²) in [5, 5.41) is 20.2. The summed E-state index contributed by atoms with van der Waals surface area (Å²) >= 11 is 0. The van der Waals surface area contributed by atoms with Gasteiger partial charge in [0.05, 0.1) is 67.1 Å². The Kier molecular flexibility index (Phi) is 10.5. The van der Waals surface area contributed by atoms with E-state index in [0.29, 0.717) is 23.0 Å². The number of hydrogen-bond donors (Lipinski definition) is 0. The van der Waals surface area contributed by atoms with E-state index in [-0.39, 0.29) is 0 Å². The van der Waals surface area contributed by atoms with Crippen LogP contribution in [0.2, 0.25) is 0 Å². The lowest BCUT2D eigenvalue weighted by atomic mass is 9.95. The largest absolute Gasteiger partial charge is 0.309 e. The molecule has 8 heteroatoms. The summed E-state index contributed by atoms with van der Waals surface area (Å²) in [4.78, 5) is 16.1. The first-order valence-corrected chi connectivity index (χ1v) is 28.3. The zero-order valence-corrected chi connectivity index (χ0v) is 45.1. The number of benzene rings is 12. The Balaban J connectivity index is 1.03. The molecule has 5 aromatic heterocycles. The zero-order chi connectivity index (χ0) is 55.4. The molecule has 0 unspecified atom stereocenters. The van der Waals surface area contributed by atoms with Crippen molar-refractivity contribution in [3.63, 3.8) is 0 Å². The molecular formula is C76H46N8. The van der Waals surface area contributed by atoms with Crippen LogP contribution in [0, 0.1) is 11.3 Å². The van der Waals surface area contributed by atoms with Gasteiger partial charge in [-0.05, 0) is 84.9 Å². The van der Waals surface area contributed by atoms with E-state index < -0.39 is 0 Å². The Morgan fingerprint density at radius 3 is 1.21 bits per heavy atom. The van der Waals surface area contributed by atoms with Crippen LogP contribution in [0.25, 0.3) is 155 Å². The highest BCUT2D eigenvalue weighted by atomic mass is 15.1. The fourth-order valence-electron chi connectivity index (χ4n) is 13.3. The van der Waals surface area contributed by atoms with Crippen LogP contribution in [0.4, 0.5) is 0 Å². The number of aromatic nitrogens is 7. The minimum atomic E-state index is 0.510. The second-order valence-electron chi connectivity index (χ2n) is 21.4. The Hall–Kier alpha value is -11.7. The maximum atomic E-state index is 11.0. The lowest BCUT2D eigenvalue weighted by Gasteiger charge is -2.21. The molecule has 0 spiro atoms. The molecule has 17 rings (SSSR count). The van der Waals surface area contributed by atoms with Gasteiger partial charge in [0.25, 0.3) is 0 Å². The van der Waals surface area contributed by atoms with E-state index in [1.165, 1.54) is 16.2 Å². The summed E-state index contributed by atoms with van der Waals surface area (Å²) in [6, 6.07) is 101. The van der Waals surface area contributed by atoms with Crippen LogP contribution in [-0.4, -0.2) is 33.2 Å². The quantitative estimate of drug-likeness (QED) is 0.152. The first kappa shape index (κ1) is 47.2. The molecule has 0 N–H and O–H groups in total. The van der Waals surface area contributed by atoms with Gasteiger partial charge < -0.3 is 18.3 Å².